The summed E-state index contributed by atoms with van der Waals surface area (Å²) in [6, 6.07) is 6.87. The van der Waals surface area contributed by atoms with Gasteiger partial charge in [-0.15, -0.1) is 0 Å². The molecule has 1 aliphatic heterocycles. The maximum atomic E-state index is 4.75. The van der Waals surface area contributed by atoms with Gasteiger partial charge in [-0.3, -0.25) is 4.99 Å². The van der Waals surface area contributed by atoms with Crippen LogP contribution in [0.25, 0.3) is 0 Å². The fourth-order valence-corrected chi connectivity index (χ4v) is 3.41. The Morgan fingerprint density at radius 3 is 3.00 bits per heavy atom. The van der Waals surface area contributed by atoms with Crippen molar-refractivity contribution in [1.82, 2.24) is 0 Å². The molecule has 1 atom stereocenters. The SMILES string of the molecule is CCc1cc(Br)ccc1NC1=NC(CC)CCS1. The van der Waals surface area contributed by atoms with Crippen molar-refractivity contribution in [3.05, 3.63) is 28.2 Å². The van der Waals surface area contributed by atoms with Gasteiger partial charge in [0, 0.05) is 15.9 Å². The minimum Gasteiger partial charge on any atom is -0.335 e. The van der Waals surface area contributed by atoms with Crippen molar-refractivity contribution < 1.29 is 0 Å². The highest BCUT2D eigenvalue weighted by atomic mass is 79.9. The molecule has 1 N–H and O–H groups in total. The molecule has 2 nitrogen and oxygen atoms in total. The number of thioether (sulfide) groups is 1. The first-order valence-corrected chi connectivity index (χ1v) is 8.26. The molecule has 1 heterocycles. The third kappa shape index (κ3) is 3.51. The molecule has 1 aromatic carbocycles. The number of aryl methyl sites for hydroxylation is 1. The normalized spacial score (nSPS) is 19.5. The topological polar surface area (TPSA) is 24.4 Å². The molecular weight excluding hydrogens is 308 g/mol. The molecule has 0 aliphatic carbocycles. The molecule has 1 unspecified atom stereocenters. The van der Waals surface area contributed by atoms with Crippen LogP contribution in [-0.4, -0.2) is 17.0 Å². The number of rotatable bonds is 3. The van der Waals surface area contributed by atoms with E-state index in [-0.39, 0.29) is 0 Å². The third-order valence-electron chi connectivity index (χ3n) is 3.15. The molecule has 0 radical (unpaired) electrons. The molecule has 0 spiro atoms. The highest BCUT2D eigenvalue weighted by Crippen LogP contribution is 2.25. The zero-order chi connectivity index (χ0) is 13.0. The number of hydrogen-bond acceptors (Lipinski definition) is 3. The summed E-state index contributed by atoms with van der Waals surface area (Å²) in [4.78, 5) is 4.75. The Labute approximate surface area is 122 Å². The lowest BCUT2D eigenvalue weighted by Crippen LogP contribution is -2.20. The van der Waals surface area contributed by atoms with Crippen molar-refractivity contribution in [1.29, 1.82) is 0 Å². The van der Waals surface area contributed by atoms with E-state index in [9.17, 15) is 0 Å². The lowest BCUT2D eigenvalue weighted by Gasteiger charge is -2.20. The number of halogens is 1. The molecule has 0 aromatic heterocycles. The summed E-state index contributed by atoms with van der Waals surface area (Å²) in [7, 11) is 0. The van der Waals surface area contributed by atoms with E-state index in [0.29, 0.717) is 6.04 Å². The van der Waals surface area contributed by atoms with Crippen molar-refractivity contribution in [2.75, 3.05) is 11.1 Å². The third-order valence-corrected chi connectivity index (χ3v) is 4.56. The summed E-state index contributed by atoms with van der Waals surface area (Å²) in [5.74, 6) is 1.17. The second-order valence-electron chi connectivity index (χ2n) is 4.41. The summed E-state index contributed by atoms with van der Waals surface area (Å²) in [5, 5.41) is 4.56. The summed E-state index contributed by atoms with van der Waals surface area (Å²) in [5.41, 5.74) is 2.51. The van der Waals surface area contributed by atoms with Crippen molar-refractivity contribution in [3.8, 4) is 0 Å². The van der Waals surface area contributed by atoms with Crippen LogP contribution in [0.5, 0.6) is 0 Å². The monoisotopic (exact) mass is 326 g/mol. The molecule has 2 rings (SSSR count). The number of anilines is 1. The predicted octanol–water partition coefficient (Wildman–Crippen LogP) is 4.69. The minimum absolute atomic E-state index is 0.495. The van der Waals surface area contributed by atoms with E-state index < -0.39 is 0 Å². The first-order chi connectivity index (χ1) is 8.72. The van der Waals surface area contributed by atoms with Crippen LogP contribution < -0.4 is 5.32 Å². The number of nitrogens with one attached hydrogen (secondary N) is 1. The summed E-state index contributed by atoms with van der Waals surface area (Å²) in [6.07, 6.45) is 3.36. The van der Waals surface area contributed by atoms with Crippen LogP contribution in [0.2, 0.25) is 0 Å². The van der Waals surface area contributed by atoms with Crippen molar-refractivity contribution in [3.63, 3.8) is 0 Å². The lowest BCUT2D eigenvalue weighted by atomic mass is 10.1. The number of benzene rings is 1. The van der Waals surface area contributed by atoms with Gasteiger partial charge in [0.15, 0.2) is 5.17 Å². The Bertz CT molecular complexity index is 445. The molecule has 0 fully saturated rings. The van der Waals surface area contributed by atoms with Gasteiger partial charge in [-0.25, -0.2) is 0 Å². The average Bonchev–Trinajstić information content (AvgIpc) is 2.41. The van der Waals surface area contributed by atoms with Gasteiger partial charge >= 0.3 is 0 Å². The summed E-state index contributed by atoms with van der Waals surface area (Å²) in [6.45, 7) is 4.39. The lowest BCUT2D eigenvalue weighted by molar-refractivity contribution is 0.634. The van der Waals surface area contributed by atoms with E-state index in [0.717, 1.165) is 22.5 Å². The molecule has 0 saturated heterocycles. The first-order valence-electron chi connectivity index (χ1n) is 6.49. The summed E-state index contributed by atoms with van der Waals surface area (Å²) >= 11 is 5.35. The van der Waals surface area contributed by atoms with Gasteiger partial charge in [-0.2, -0.15) is 0 Å². The first kappa shape index (κ1) is 13.9. The van der Waals surface area contributed by atoms with E-state index in [1.54, 1.807) is 0 Å². The maximum absolute atomic E-state index is 4.75. The Morgan fingerprint density at radius 2 is 2.28 bits per heavy atom. The Kier molecular flexibility index (Phi) is 5.13. The maximum Gasteiger partial charge on any atom is 0.161 e. The second kappa shape index (κ2) is 6.62. The van der Waals surface area contributed by atoms with Gasteiger partial charge in [0.1, 0.15) is 0 Å². The largest absolute Gasteiger partial charge is 0.335 e. The molecule has 0 saturated carbocycles. The van der Waals surface area contributed by atoms with Gasteiger partial charge < -0.3 is 5.32 Å². The fourth-order valence-electron chi connectivity index (χ4n) is 2.02. The van der Waals surface area contributed by atoms with Crippen molar-refractivity contribution >= 4 is 38.5 Å². The van der Waals surface area contributed by atoms with Crippen molar-refractivity contribution in [2.45, 2.75) is 39.2 Å². The van der Waals surface area contributed by atoms with E-state index in [1.165, 1.54) is 23.4 Å². The van der Waals surface area contributed by atoms with Crippen LogP contribution in [0, 0.1) is 0 Å². The second-order valence-corrected chi connectivity index (χ2v) is 6.41. The van der Waals surface area contributed by atoms with Crippen LogP contribution in [0.3, 0.4) is 0 Å². The number of nitrogens with zero attached hydrogens (tertiary/aromatic N) is 1. The van der Waals surface area contributed by atoms with E-state index >= 15 is 0 Å². The Morgan fingerprint density at radius 1 is 1.44 bits per heavy atom. The van der Waals surface area contributed by atoms with Crippen LogP contribution in [0.4, 0.5) is 5.69 Å². The number of hydrogen-bond donors (Lipinski definition) is 1. The van der Waals surface area contributed by atoms with E-state index in [1.807, 2.05) is 11.8 Å². The number of aliphatic imine (C=N–C) groups is 1. The molecule has 4 heteroatoms. The van der Waals surface area contributed by atoms with Gasteiger partial charge in [-0.05, 0) is 43.0 Å². The van der Waals surface area contributed by atoms with Crippen LogP contribution >= 0.6 is 27.7 Å². The quantitative estimate of drug-likeness (QED) is 0.870. The van der Waals surface area contributed by atoms with E-state index in [4.69, 9.17) is 4.99 Å². The van der Waals surface area contributed by atoms with E-state index in [2.05, 4.69) is 53.3 Å². The zero-order valence-corrected chi connectivity index (χ0v) is 13.3. The summed E-state index contributed by atoms with van der Waals surface area (Å²) < 4.78 is 1.13. The van der Waals surface area contributed by atoms with Crippen LogP contribution in [0.15, 0.2) is 27.7 Å². The molecule has 18 heavy (non-hydrogen) atoms. The predicted molar refractivity (Wildman–Crippen MR) is 85.7 cm³/mol. The molecule has 98 valence electrons. The molecule has 0 amide bonds. The van der Waals surface area contributed by atoms with Crippen LogP contribution in [-0.2, 0) is 6.42 Å². The number of amidine groups is 1. The van der Waals surface area contributed by atoms with Crippen molar-refractivity contribution in [2.24, 2.45) is 4.99 Å². The Hall–Kier alpha value is -0.480. The standard InChI is InChI=1S/C14H19BrN2S/c1-3-10-9-11(15)5-6-13(10)17-14-16-12(4-2)7-8-18-14/h5-6,9,12H,3-4,7-8H2,1-2H3,(H,16,17). The molecular formula is C14H19BrN2S. The van der Waals surface area contributed by atoms with Gasteiger partial charge in [0.05, 0.1) is 6.04 Å². The molecule has 0 bridgehead atoms. The fraction of sp³-hybridized carbons (Fsp3) is 0.500. The Balaban J connectivity index is 2.16. The van der Waals surface area contributed by atoms with Gasteiger partial charge in [0.2, 0.25) is 0 Å². The smallest absolute Gasteiger partial charge is 0.161 e. The molecule has 1 aliphatic rings. The molecule has 1 aromatic rings. The highest BCUT2D eigenvalue weighted by Gasteiger charge is 2.14. The van der Waals surface area contributed by atoms with Crippen LogP contribution in [0.1, 0.15) is 32.3 Å². The van der Waals surface area contributed by atoms with Gasteiger partial charge in [0.25, 0.3) is 0 Å². The highest BCUT2D eigenvalue weighted by molar-refractivity contribution is 9.10. The van der Waals surface area contributed by atoms with Gasteiger partial charge in [-0.1, -0.05) is 41.5 Å². The average molecular weight is 327 g/mol. The minimum atomic E-state index is 0.495. The zero-order valence-electron chi connectivity index (χ0n) is 10.9.